The van der Waals surface area contributed by atoms with E-state index in [0.29, 0.717) is 0 Å². The minimum absolute atomic E-state index is 0.144. The molecule has 1 aromatic rings. The first-order valence-electron chi connectivity index (χ1n) is 11.7. The Labute approximate surface area is 194 Å². The summed E-state index contributed by atoms with van der Waals surface area (Å²) < 4.78 is 0. The summed E-state index contributed by atoms with van der Waals surface area (Å²) in [4.78, 5) is 9.62. The Morgan fingerprint density at radius 2 is 0.875 bits per heavy atom. The first-order valence-corrected chi connectivity index (χ1v) is 11.7. The number of hydrogen-bond donors (Lipinski definition) is 0. The van der Waals surface area contributed by atoms with Gasteiger partial charge in [-0.1, -0.05) is 24.3 Å². The molecule has 176 valence electrons. The summed E-state index contributed by atoms with van der Waals surface area (Å²) in [6.07, 6.45) is 6.89. The van der Waals surface area contributed by atoms with E-state index in [1.165, 1.54) is 10.1 Å². The normalized spacial score (nSPS) is 26.8. The molecule has 0 saturated carbocycles. The maximum absolute atomic E-state index is 12.5. The fourth-order valence-electron chi connectivity index (χ4n) is 5.68. The predicted octanol–water partition coefficient (Wildman–Crippen LogP) is 5.26. The highest BCUT2D eigenvalue weighted by atomic mass is 16.5. The van der Waals surface area contributed by atoms with Gasteiger partial charge in [-0.2, -0.15) is 0 Å². The van der Waals surface area contributed by atoms with Crippen LogP contribution in [0.15, 0.2) is 34.3 Å². The molecule has 0 bridgehead atoms. The van der Waals surface area contributed by atoms with Gasteiger partial charge in [0.1, 0.15) is 0 Å². The van der Waals surface area contributed by atoms with E-state index in [4.69, 9.17) is 9.98 Å². The minimum Gasteiger partial charge on any atom is -0.289 e. The molecule has 0 atom stereocenters. The first kappa shape index (κ1) is 25.0. The van der Waals surface area contributed by atoms with Gasteiger partial charge in [0.2, 0.25) is 0 Å². The van der Waals surface area contributed by atoms with Crippen LogP contribution in [-0.2, 0) is 10.4 Å². The molecule has 0 amide bonds. The SMILES string of the molecule is CC1(C)CC(N=Cc2ccc(C=NC3CC(C)(C)N([O])C(C)(C)C3)cc2)CC(C)(C)N1[O]. The van der Waals surface area contributed by atoms with Gasteiger partial charge in [0.25, 0.3) is 0 Å². The smallest absolute Gasteiger partial charge is 0.0536 e. The molecule has 1 aromatic carbocycles. The van der Waals surface area contributed by atoms with Gasteiger partial charge in [0.05, 0.1) is 12.1 Å². The molecular weight excluding hydrogens is 400 g/mol. The van der Waals surface area contributed by atoms with Gasteiger partial charge in [0, 0.05) is 34.6 Å². The van der Waals surface area contributed by atoms with Crippen molar-refractivity contribution in [2.45, 2.75) is 115 Å². The van der Waals surface area contributed by atoms with Crippen molar-refractivity contribution in [2.24, 2.45) is 9.98 Å². The van der Waals surface area contributed by atoms with E-state index >= 15 is 0 Å². The summed E-state index contributed by atoms with van der Waals surface area (Å²) in [5.74, 6) is 0. The third-order valence-corrected chi connectivity index (χ3v) is 6.95. The van der Waals surface area contributed by atoms with Crippen molar-refractivity contribution in [3.05, 3.63) is 35.4 Å². The van der Waals surface area contributed by atoms with Crippen LogP contribution in [0.5, 0.6) is 0 Å². The molecule has 3 rings (SSSR count). The fourth-order valence-corrected chi connectivity index (χ4v) is 5.68. The lowest BCUT2D eigenvalue weighted by Crippen LogP contribution is -2.59. The van der Waals surface area contributed by atoms with Gasteiger partial charge in [-0.3, -0.25) is 9.98 Å². The zero-order chi connectivity index (χ0) is 23.9. The van der Waals surface area contributed by atoms with Crippen molar-refractivity contribution in [1.29, 1.82) is 0 Å². The van der Waals surface area contributed by atoms with Crippen molar-refractivity contribution in [2.75, 3.05) is 0 Å². The van der Waals surface area contributed by atoms with Crippen LogP contribution >= 0.6 is 0 Å². The highest BCUT2D eigenvalue weighted by molar-refractivity contribution is 5.84. The molecule has 2 radical (unpaired) electrons. The number of nitrogens with zero attached hydrogens (tertiary/aromatic N) is 4. The second-order valence-corrected chi connectivity index (χ2v) is 12.2. The Balaban J connectivity index is 1.63. The quantitative estimate of drug-likeness (QED) is 0.599. The minimum atomic E-state index is -0.407. The number of benzene rings is 1. The van der Waals surface area contributed by atoms with Crippen molar-refractivity contribution in [1.82, 2.24) is 10.1 Å². The molecule has 2 aliphatic heterocycles. The van der Waals surface area contributed by atoms with Crippen molar-refractivity contribution < 1.29 is 10.4 Å². The first-order chi connectivity index (χ1) is 14.6. The Morgan fingerprint density at radius 3 is 1.12 bits per heavy atom. The topological polar surface area (TPSA) is 71.0 Å². The van der Waals surface area contributed by atoms with E-state index in [1.54, 1.807) is 0 Å². The molecule has 2 fully saturated rings. The predicted molar refractivity (Wildman–Crippen MR) is 129 cm³/mol. The molecule has 0 aromatic heterocycles. The van der Waals surface area contributed by atoms with Gasteiger partial charge >= 0.3 is 0 Å². The lowest BCUT2D eigenvalue weighted by Gasteiger charge is -2.48. The van der Waals surface area contributed by atoms with Crippen LogP contribution in [0.1, 0.15) is 92.2 Å². The summed E-state index contributed by atoms with van der Waals surface area (Å²) in [5, 5.41) is 27.5. The Hall–Kier alpha value is -1.60. The zero-order valence-corrected chi connectivity index (χ0v) is 21.1. The molecule has 0 spiro atoms. The zero-order valence-electron chi connectivity index (χ0n) is 21.1. The third-order valence-electron chi connectivity index (χ3n) is 6.95. The molecule has 0 aliphatic carbocycles. The van der Waals surface area contributed by atoms with Crippen molar-refractivity contribution in [3.63, 3.8) is 0 Å². The molecular formula is C26H40N4O2. The van der Waals surface area contributed by atoms with Crippen LogP contribution < -0.4 is 0 Å². The van der Waals surface area contributed by atoms with Crippen LogP contribution in [0.2, 0.25) is 0 Å². The van der Waals surface area contributed by atoms with E-state index < -0.39 is 22.2 Å². The molecule has 0 unspecified atom stereocenters. The van der Waals surface area contributed by atoms with E-state index in [-0.39, 0.29) is 12.1 Å². The highest BCUT2D eigenvalue weighted by Gasteiger charge is 2.47. The van der Waals surface area contributed by atoms with Gasteiger partial charge < -0.3 is 0 Å². The Kier molecular flexibility index (Phi) is 6.76. The average molecular weight is 441 g/mol. The standard InChI is InChI=1S/C26H40N4O2/c1-23(2)13-21(14-24(3,4)29(23)31)27-17-19-9-11-20(12-10-19)18-28-22-15-25(5,6)30(32)26(7,8)16-22/h9-12,17-18,21-22H,13-16H2,1-8H3. The van der Waals surface area contributed by atoms with E-state index in [1.807, 2.05) is 67.8 Å². The number of hydroxylamine groups is 4. The fraction of sp³-hybridized carbons (Fsp3) is 0.692. The second kappa shape index (κ2) is 8.64. The lowest BCUT2D eigenvalue weighted by molar-refractivity contribution is -0.288. The summed E-state index contributed by atoms with van der Waals surface area (Å²) in [7, 11) is 0. The third kappa shape index (κ3) is 5.48. The number of aliphatic imine (C=N–C) groups is 2. The summed E-state index contributed by atoms with van der Waals surface area (Å²) in [6.45, 7) is 16.0. The van der Waals surface area contributed by atoms with Crippen LogP contribution in [0.25, 0.3) is 0 Å². The molecule has 2 aliphatic rings. The number of piperidine rings is 2. The van der Waals surface area contributed by atoms with E-state index in [9.17, 15) is 10.4 Å². The average Bonchev–Trinajstić information content (AvgIpc) is 2.67. The molecule has 32 heavy (non-hydrogen) atoms. The monoisotopic (exact) mass is 440 g/mol. The van der Waals surface area contributed by atoms with Crippen LogP contribution in [0.4, 0.5) is 0 Å². The van der Waals surface area contributed by atoms with Crippen molar-refractivity contribution >= 4 is 12.4 Å². The maximum atomic E-state index is 12.5. The van der Waals surface area contributed by atoms with Gasteiger partial charge in [-0.15, -0.1) is 20.5 Å². The highest BCUT2D eigenvalue weighted by Crippen LogP contribution is 2.39. The Morgan fingerprint density at radius 1 is 0.625 bits per heavy atom. The van der Waals surface area contributed by atoms with Crippen LogP contribution in [-0.4, -0.2) is 56.8 Å². The van der Waals surface area contributed by atoms with E-state index in [2.05, 4.69) is 24.3 Å². The van der Waals surface area contributed by atoms with E-state index in [0.717, 1.165) is 36.8 Å². The van der Waals surface area contributed by atoms with Crippen LogP contribution in [0, 0.1) is 0 Å². The maximum Gasteiger partial charge on any atom is 0.0536 e. The van der Waals surface area contributed by atoms with Crippen molar-refractivity contribution in [3.8, 4) is 0 Å². The summed E-state index contributed by atoms with van der Waals surface area (Å²) in [6, 6.07) is 8.50. The molecule has 0 N–H and O–H groups in total. The Bertz CT molecular complexity index is 748. The number of rotatable bonds is 4. The lowest BCUT2D eigenvalue weighted by atomic mass is 9.79. The molecule has 6 nitrogen and oxygen atoms in total. The van der Waals surface area contributed by atoms with Gasteiger partial charge in [-0.25, -0.2) is 0 Å². The van der Waals surface area contributed by atoms with Gasteiger partial charge in [-0.05, 0) is 92.2 Å². The number of hydrogen-bond acceptors (Lipinski definition) is 4. The molecule has 2 heterocycles. The second-order valence-electron chi connectivity index (χ2n) is 12.2. The van der Waals surface area contributed by atoms with Gasteiger partial charge in [0.15, 0.2) is 0 Å². The summed E-state index contributed by atoms with van der Waals surface area (Å²) >= 11 is 0. The van der Waals surface area contributed by atoms with Crippen LogP contribution in [0.3, 0.4) is 0 Å². The molecule has 2 saturated heterocycles. The molecule has 6 heteroatoms. The summed E-state index contributed by atoms with van der Waals surface area (Å²) in [5.41, 5.74) is 0.462. The largest absolute Gasteiger partial charge is 0.289 e.